The van der Waals surface area contributed by atoms with Crippen LogP contribution in [0.2, 0.25) is 0 Å². The van der Waals surface area contributed by atoms with Crippen molar-refractivity contribution in [2.75, 3.05) is 32.0 Å². The molecule has 1 atom stereocenters. The van der Waals surface area contributed by atoms with Gasteiger partial charge in [0, 0.05) is 26.1 Å². The summed E-state index contributed by atoms with van der Waals surface area (Å²) in [6, 6.07) is -0.876. The highest BCUT2D eigenvalue weighted by molar-refractivity contribution is 7.89. The summed E-state index contributed by atoms with van der Waals surface area (Å²) in [5.41, 5.74) is 0. The second-order valence-corrected chi connectivity index (χ2v) is 6.44. The molecule has 9 heteroatoms. The smallest absolute Gasteiger partial charge is 0.325 e. The van der Waals surface area contributed by atoms with Crippen LogP contribution in [0.15, 0.2) is 0 Å². The summed E-state index contributed by atoms with van der Waals surface area (Å²) in [6.07, 6.45) is -0.188. The van der Waals surface area contributed by atoms with Crippen molar-refractivity contribution in [3.05, 3.63) is 0 Å². The molecule has 0 saturated carbocycles. The van der Waals surface area contributed by atoms with E-state index in [1.165, 1.54) is 0 Å². The molecule has 2 N–H and O–H groups in total. The van der Waals surface area contributed by atoms with Crippen LogP contribution in [-0.4, -0.2) is 67.8 Å². The van der Waals surface area contributed by atoms with Crippen molar-refractivity contribution in [2.45, 2.75) is 25.8 Å². The average molecular weight is 308 g/mol. The number of carbonyl (C=O) groups excluding carboxylic acids is 1. The van der Waals surface area contributed by atoms with Crippen LogP contribution in [0, 0.1) is 0 Å². The normalized spacial score (nSPS) is 20.6. The van der Waals surface area contributed by atoms with Gasteiger partial charge in [-0.3, -0.25) is 9.59 Å². The number of nitrogens with one attached hydrogen (secondary N) is 1. The number of sulfonamides is 1. The minimum Gasteiger partial charge on any atom is -0.481 e. The van der Waals surface area contributed by atoms with Crippen LogP contribution in [0.3, 0.4) is 0 Å². The van der Waals surface area contributed by atoms with Gasteiger partial charge in [0.2, 0.25) is 10.0 Å². The van der Waals surface area contributed by atoms with Crippen molar-refractivity contribution in [1.82, 2.24) is 9.62 Å². The predicted molar refractivity (Wildman–Crippen MR) is 70.7 cm³/mol. The van der Waals surface area contributed by atoms with Gasteiger partial charge in [-0.1, -0.05) is 0 Å². The van der Waals surface area contributed by atoms with E-state index in [2.05, 4.69) is 5.32 Å². The molecule has 116 valence electrons. The number of esters is 1. The van der Waals surface area contributed by atoms with Gasteiger partial charge in [0.1, 0.15) is 6.04 Å². The van der Waals surface area contributed by atoms with Crippen LogP contribution in [-0.2, 0) is 24.3 Å². The molecule has 1 rings (SSSR count). The first-order valence-corrected chi connectivity index (χ1v) is 8.08. The van der Waals surface area contributed by atoms with Gasteiger partial charge in [-0.2, -0.15) is 4.31 Å². The fourth-order valence-corrected chi connectivity index (χ4v) is 3.64. The lowest BCUT2D eigenvalue weighted by Crippen LogP contribution is -2.57. The van der Waals surface area contributed by atoms with E-state index in [4.69, 9.17) is 9.84 Å². The van der Waals surface area contributed by atoms with Crippen molar-refractivity contribution >= 4 is 22.0 Å². The molecule has 0 aromatic rings. The second-order valence-electron chi connectivity index (χ2n) is 4.40. The molecule has 1 fully saturated rings. The van der Waals surface area contributed by atoms with Gasteiger partial charge >= 0.3 is 11.9 Å². The maximum absolute atomic E-state index is 12.2. The third kappa shape index (κ3) is 4.73. The SMILES string of the molecule is CCOC(=O)C1CNCCN1S(=O)(=O)CCCC(=O)O. The number of aliphatic carboxylic acids is 1. The molecule has 0 bridgehead atoms. The van der Waals surface area contributed by atoms with Crippen molar-refractivity contribution < 1.29 is 27.9 Å². The van der Waals surface area contributed by atoms with Crippen LogP contribution in [0.5, 0.6) is 0 Å². The number of ether oxygens (including phenoxy) is 1. The van der Waals surface area contributed by atoms with Crippen LogP contribution in [0.1, 0.15) is 19.8 Å². The van der Waals surface area contributed by atoms with Crippen molar-refractivity contribution in [3.8, 4) is 0 Å². The van der Waals surface area contributed by atoms with Crippen LogP contribution < -0.4 is 5.32 Å². The third-order valence-corrected chi connectivity index (χ3v) is 4.86. The maximum atomic E-state index is 12.2. The summed E-state index contributed by atoms with van der Waals surface area (Å²) in [4.78, 5) is 22.2. The Kier molecular flexibility index (Phi) is 6.37. The first-order chi connectivity index (χ1) is 9.38. The minimum absolute atomic E-state index is 0.0249. The maximum Gasteiger partial charge on any atom is 0.325 e. The van der Waals surface area contributed by atoms with E-state index in [9.17, 15) is 18.0 Å². The largest absolute Gasteiger partial charge is 0.481 e. The van der Waals surface area contributed by atoms with Crippen molar-refractivity contribution in [2.24, 2.45) is 0 Å². The summed E-state index contributed by atoms with van der Waals surface area (Å²) in [5, 5.41) is 11.5. The highest BCUT2D eigenvalue weighted by atomic mass is 32.2. The summed E-state index contributed by atoms with van der Waals surface area (Å²) in [7, 11) is -3.66. The Balaban J connectivity index is 2.72. The van der Waals surface area contributed by atoms with Gasteiger partial charge < -0.3 is 15.2 Å². The van der Waals surface area contributed by atoms with Crippen LogP contribution >= 0.6 is 0 Å². The lowest BCUT2D eigenvalue weighted by Gasteiger charge is -2.33. The van der Waals surface area contributed by atoms with Crippen molar-refractivity contribution in [3.63, 3.8) is 0 Å². The summed E-state index contributed by atoms with van der Waals surface area (Å²) in [6.45, 7) is 2.67. The Morgan fingerprint density at radius 1 is 1.45 bits per heavy atom. The number of piperazine rings is 1. The zero-order chi connectivity index (χ0) is 15.2. The quantitative estimate of drug-likeness (QED) is 0.581. The molecule has 0 radical (unpaired) electrons. The Morgan fingerprint density at radius 2 is 2.15 bits per heavy atom. The van der Waals surface area contributed by atoms with Gasteiger partial charge in [-0.15, -0.1) is 0 Å². The molecule has 1 unspecified atom stereocenters. The third-order valence-electron chi connectivity index (χ3n) is 2.90. The van der Waals surface area contributed by atoms with Gasteiger partial charge in [0.15, 0.2) is 0 Å². The summed E-state index contributed by atoms with van der Waals surface area (Å²) in [5.74, 6) is -1.90. The zero-order valence-electron chi connectivity index (χ0n) is 11.4. The van der Waals surface area contributed by atoms with E-state index in [0.29, 0.717) is 6.54 Å². The molecule has 0 amide bonds. The number of hydrogen-bond acceptors (Lipinski definition) is 6. The molecule has 8 nitrogen and oxygen atoms in total. The molecular weight excluding hydrogens is 288 g/mol. The Bertz CT molecular complexity index is 450. The molecule has 0 aromatic heterocycles. The van der Waals surface area contributed by atoms with E-state index in [-0.39, 0.29) is 38.3 Å². The Hall–Kier alpha value is -1.19. The molecular formula is C11H20N2O6S. The second kappa shape index (κ2) is 7.55. The van der Waals surface area contributed by atoms with Crippen molar-refractivity contribution in [1.29, 1.82) is 0 Å². The molecule has 1 aliphatic heterocycles. The summed E-state index contributed by atoms with van der Waals surface area (Å²) < 4.78 is 30.4. The molecule has 0 aromatic carbocycles. The Morgan fingerprint density at radius 3 is 2.75 bits per heavy atom. The molecule has 1 heterocycles. The monoisotopic (exact) mass is 308 g/mol. The minimum atomic E-state index is -3.66. The predicted octanol–water partition coefficient (Wildman–Crippen LogP) is -0.982. The number of carbonyl (C=O) groups is 2. The zero-order valence-corrected chi connectivity index (χ0v) is 12.2. The molecule has 1 saturated heterocycles. The molecule has 1 aliphatic rings. The Labute approximate surface area is 118 Å². The number of nitrogens with zero attached hydrogens (tertiary/aromatic N) is 1. The molecule has 0 spiro atoms. The number of hydrogen-bond donors (Lipinski definition) is 2. The fraction of sp³-hybridized carbons (Fsp3) is 0.818. The molecule has 20 heavy (non-hydrogen) atoms. The van der Waals surface area contributed by atoms with E-state index in [0.717, 1.165) is 4.31 Å². The first kappa shape index (κ1) is 16.9. The highest BCUT2D eigenvalue weighted by Gasteiger charge is 2.37. The van der Waals surface area contributed by atoms with E-state index >= 15 is 0 Å². The standard InChI is InChI=1S/C11H20N2O6S/c1-2-19-11(16)9-8-12-5-6-13(9)20(17,18)7-3-4-10(14)15/h9,12H,2-8H2,1H3,(H,14,15). The summed E-state index contributed by atoms with van der Waals surface area (Å²) >= 11 is 0. The lowest BCUT2D eigenvalue weighted by atomic mass is 10.2. The van der Waals surface area contributed by atoms with E-state index < -0.39 is 28.0 Å². The van der Waals surface area contributed by atoms with Crippen LogP contribution in [0.25, 0.3) is 0 Å². The molecule has 0 aliphatic carbocycles. The topological polar surface area (TPSA) is 113 Å². The number of carboxylic acids is 1. The number of carboxylic acid groups (broad SMARTS) is 1. The van der Waals surface area contributed by atoms with Gasteiger partial charge in [-0.05, 0) is 13.3 Å². The van der Waals surface area contributed by atoms with Gasteiger partial charge in [0.05, 0.1) is 12.4 Å². The van der Waals surface area contributed by atoms with E-state index in [1.54, 1.807) is 6.92 Å². The van der Waals surface area contributed by atoms with Crippen LogP contribution in [0.4, 0.5) is 0 Å². The van der Waals surface area contributed by atoms with E-state index in [1.807, 2.05) is 0 Å². The highest BCUT2D eigenvalue weighted by Crippen LogP contribution is 2.13. The first-order valence-electron chi connectivity index (χ1n) is 6.47. The van der Waals surface area contributed by atoms with Gasteiger partial charge in [-0.25, -0.2) is 8.42 Å². The fourth-order valence-electron chi connectivity index (χ4n) is 1.98. The van der Waals surface area contributed by atoms with Gasteiger partial charge in [0.25, 0.3) is 0 Å². The lowest BCUT2D eigenvalue weighted by molar-refractivity contribution is -0.148. The average Bonchev–Trinajstić information content (AvgIpc) is 2.38. The number of rotatable bonds is 7.